The van der Waals surface area contributed by atoms with Gasteiger partial charge in [0.2, 0.25) is 0 Å². The van der Waals surface area contributed by atoms with Gasteiger partial charge in [-0.15, -0.1) is 0 Å². The lowest BCUT2D eigenvalue weighted by molar-refractivity contribution is -0.167. The first-order valence-electron chi connectivity index (χ1n) is 15.7. The average molecular weight is 541 g/mol. The number of fused-ring (bicyclic) bond motifs is 4. The van der Waals surface area contributed by atoms with Crippen molar-refractivity contribution in [1.82, 2.24) is 0 Å². The van der Waals surface area contributed by atoms with Crippen LogP contribution >= 0.6 is 0 Å². The summed E-state index contributed by atoms with van der Waals surface area (Å²) in [4.78, 5) is 24.0. The van der Waals surface area contributed by atoms with Gasteiger partial charge in [0.1, 0.15) is 12.2 Å². The SMILES string of the molecule is C=C(CC(OC(C)=O)C(C)C1CCC2(C)C3=C(CCC12C)C1(C)CCC(OC(C)=O)C(C)(C)C1CC3)C(C)C. The second-order valence-corrected chi connectivity index (χ2v) is 15.3. The first kappa shape index (κ1) is 30.4. The molecular formula is C35H56O4. The number of ether oxygens (including phenoxy) is 2. The zero-order chi connectivity index (χ0) is 29.1. The lowest BCUT2D eigenvalue weighted by Crippen LogP contribution is -2.56. The molecule has 2 fully saturated rings. The predicted molar refractivity (Wildman–Crippen MR) is 158 cm³/mol. The fourth-order valence-corrected chi connectivity index (χ4v) is 10.3. The Kier molecular flexibility index (Phi) is 8.07. The van der Waals surface area contributed by atoms with E-state index in [1.807, 2.05) is 0 Å². The Morgan fingerprint density at radius 1 is 0.897 bits per heavy atom. The van der Waals surface area contributed by atoms with Crippen LogP contribution in [-0.2, 0) is 19.1 Å². The van der Waals surface area contributed by atoms with Gasteiger partial charge in [0, 0.05) is 25.7 Å². The molecule has 0 aliphatic heterocycles. The van der Waals surface area contributed by atoms with E-state index < -0.39 is 0 Å². The van der Waals surface area contributed by atoms with Crippen LogP contribution in [0.1, 0.15) is 127 Å². The molecule has 8 atom stereocenters. The molecule has 0 bridgehead atoms. The van der Waals surface area contributed by atoms with E-state index in [9.17, 15) is 9.59 Å². The van der Waals surface area contributed by atoms with E-state index in [1.165, 1.54) is 37.7 Å². The molecule has 0 saturated heterocycles. The number of rotatable bonds is 7. The van der Waals surface area contributed by atoms with Crippen molar-refractivity contribution in [3.05, 3.63) is 23.3 Å². The van der Waals surface area contributed by atoms with Crippen molar-refractivity contribution in [2.45, 2.75) is 139 Å². The lowest BCUT2D eigenvalue weighted by Gasteiger charge is -2.62. The van der Waals surface area contributed by atoms with Gasteiger partial charge in [0.15, 0.2) is 0 Å². The Morgan fingerprint density at radius 2 is 1.56 bits per heavy atom. The molecule has 4 rings (SSSR count). The van der Waals surface area contributed by atoms with Crippen molar-refractivity contribution < 1.29 is 19.1 Å². The fourth-order valence-electron chi connectivity index (χ4n) is 10.3. The van der Waals surface area contributed by atoms with Crippen molar-refractivity contribution in [2.24, 2.45) is 45.3 Å². The summed E-state index contributed by atoms with van der Waals surface area (Å²) >= 11 is 0. The Balaban J connectivity index is 1.65. The fraction of sp³-hybridized carbons (Fsp3) is 0.829. The second-order valence-electron chi connectivity index (χ2n) is 15.3. The minimum atomic E-state index is -0.179. The summed E-state index contributed by atoms with van der Waals surface area (Å²) < 4.78 is 11.9. The summed E-state index contributed by atoms with van der Waals surface area (Å²) in [6, 6.07) is 0. The molecule has 0 N–H and O–H groups in total. The average Bonchev–Trinajstić information content (AvgIpc) is 3.10. The van der Waals surface area contributed by atoms with Crippen molar-refractivity contribution in [3.63, 3.8) is 0 Å². The quantitative estimate of drug-likeness (QED) is 0.239. The molecule has 0 aromatic rings. The number of hydrogen-bond donors (Lipinski definition) is 0. The summed E-state index contributed by atoms with van der Waals surface area (Å²) in [5, 5.41) is 0. The first-order valence-corrected chi connectivity index (χ1v) is 15.7. The van der Waals surface area contributed by atoms with Crippen molar-refractivity contribution >= 4 is 11.9 Å². The zero-order valence-corrected chi connectivity index (χ0v) is 26.7. The van der Waals surface area contributed by atoms with E-state index in [-0.39, 0.29) is 45.8 Å². The van der Waals surface area contributed by atoms with Crippen LogP contribution < -0.4 is 0 Å². The smallest absolute Gasteiger partial charge is 0.302 e. The molecule has 4 heteroatoms. The van der Waals surface area contributed by atoms with Crippen LogP contribution in [0.5, 0.6) is 0 Å². The monoisotopic (exact) mass is 540 g/mol. The molecule has 0 spiro atoms. The number of hydrogen-bond acceptors (Lipinski definition) is 4. The van der Waals surface area contributed by atoms with Gasteiger partial charge in [0.05, 0.1) is 0 Å². The molecule has 220 valence electrons. The molecule has 4 aliphatic carbocycles. The van der Waals surface area contributed by atoms with E-state index >= 15 is 0 Å². The Bertz CT molecular complexity index is 1040. The van der Waals surface area contributed by atoms with Gasteiger partial charge in [-0.3, -0.25) is 9.59 Å². The zero-order valence-electron chi connectivity index (χ0n) is 26.7. The van der Waals surface area contributed by atoms with Crippen molar-refractivity contribution in [3.8, 4) is 0 Å². The van der Waals surface area contributed by atoms with Gasteiger partial charge in [0.25, 0.3) is 0 Å². The Hall–Kier alpha value is -1.58. The molecule has 0 heterocycles. The molecule has 0 aromatic carbocycles. The highest BCUT2D eigenvalue weighted by Gasteiger charge is 2.64. The maximum absolute atomic E-state index is 12.2. The molecule has 4 aliphatic rings. The van der Waals surface area contributed by atoms with E-state index in [4.69, 9.17) is 9.47 Å². The van der Waals surface area contributed by atoms with Crippen LogP contribution in [0.4, 0.5) is 0 Å². The van der Waals surface area contributed by atoms with E-state index in [1.54, 1.807) is 25.0 Å². The van der Waals surface area contributed by atoms with Crippen LogP contribution in [0.3, 0.4) is 0 Å². The topological polar surface area (TPSA) is 52.6 Å². The number of carbonyl (C=O) groups excluding carboxylic acids is 2. The standard InChI is InChI=1S/C35H56O4/c1-21(2)22(3)20-29(38-24(5)36)23(4)26-14-18-35(11)28-12-13-30-32(7,8)31(39-25(6)37)16-17-33(30,9)27(28)15-19-34(26,35)10/h21,23,26,29-31H,3,12-20H2,1-2,4-11H3. The van der Waals surface area contributed by atoms with Crippen LogP contribution in [-0.4, -0.2) is 24.1 Å². The Morgan fingerprint density at radius 3 is 2.15 bits per heavy atom. The van der Waals surface area contributed by atoms with Gasteiger partial charge in [-0.2, -0.15) is 0 Å². The third kappa shape index (κ3) is 4.84. The van der Waals surface area contributed by atoms with Crippen LogP contribution in [0.25, 0.3) is 0 Å². The molecular weight excluding hydrogens is 484 g/mol. The van der Waals surface area contributed by atoms with Crippen molar-refractivity contribution in [2.75, 3.05) is 0 Å². The third-order valence-corrected chi connectivity index (χ3v) is 12.9. The lowest BCUT2D eigenvalue weighted by atomic mass is 9.43. The summed E-state index contributed by atoms with van der Waals surface area (Å²) in [5.74, 6) is 1.40. The van der Waals surface area contributed by atoms with Crippen LogP contribution in [0.15, 0.2) is 23.3 Å². The second kappa shape index (κ2) is 10.4. The summed E-state index contributed by atoms with van der Waals surface area (Å²) in [5.41, 5.74) is 5.19. The first-order chi connectivity index (χ1) is 18.0. The number of esters is 2. The summed E-state index contributed by atoms with van der Waals surface area (Å²) in [6.07, 6.45) is 9.84. The molecule has 0 amide bonds. The summed E-state index contributed by atoms with van der Waals surface area (Å²) in [7, 11) is 0. The molecule has 2 saturated carbocycles. The maximum Gasteiger partial charge on any atom is 0.302 e. The van der Waals surface area contributed by atoms with E-state index in [2.05, 4.69) is 62.0 Å². The minimum absolute atomic E-state index is 0.00942. The van der Waals surface area contributed by atoms with Gasteiger partial charge >= 0.3 is 11.9 Å². The molecule has 0 radical (unpaired) electrons. The van der Waals surface area contributed by atoms with Gasteiger partial charge in [-0.05, 0) is 91.3 Å². The minimum Gasteiger partial charge on any atom is -0.462 e. The van der Waals surface area contributed by atoms with Gasteiger partial charge in [-0.25, -0.2) is 0 Å². The highest BCUT2D eigenvalue weighted by atomic mass is 16.5. The van der Waals surface area contributed by atoms with Gasteiger partial charge < -0.3 is 9.47 Å². The van der Waals surface area contributed by atoms with Crippen molar-refractivity contribution in [1.29, 1.82) is 0 Å². The number of carbonyl (C=O) groups is 2. The van der Waals surface area contributed by atoms with Crippen LogP contribution in [0, 0.1) is 45.3 Å². The number of allylic oxidation sites excluding steroid dienone is 2. The van der Waals surface area contributed by atoms with E-state index in [0.29, 0.717) is 23.7 Å². The van der Waals surface area contributed by atoms with Gasteiger partial charge in [-0.1, -0.05) is 78.7 Å². The van der Waals surface area contributed by atoms with E-state index in [0.717, 1.165) is 25.7 Å². The summed E-state index contributed by atoms with van der Waals surface area (Å²) in [6.45, 7) is 26.5. The maximum atomic E-state index is 12.2. The normalized spacial score (nSPS) is 38.8. The third-order valence-electron chi connectivity index (χ3n) is 12.9. The molecule has 4 nitrogen and oxygen atoms in total. The molecule has 39 heavy (non-hydrogen) atoms. The van der Waals surface area contributed by atoms with Crippen LogP contribution in [0.2, 0.25) is 0 Å². The molecule has 0 aromatic heterocycles. The highest BCUT2D eigenvalue weighted by Crippen LogP contribution is 2.72. The largest absolute Gasteiger partial charge is 0.462 e. The predicted octanol–water partition coefficient (Wildman–Crippen LogP) is 8.84. The Labute approximate surface area is 238 Å². The highest BCUT2D eigenvalue weighted by molar-refractivity contribution is 5.66. The molecule has 8 unspecified atom stereocenters.